The third-order valence-electron chi connectivity index (χ3n) is 6.39. The maximum Gasteiger partial charge on any atom is 0.407 e. The van der Waals surface area contributed by atoms with Crippen LogP contribution in [0.15, 0.2) is 42.7 Å². The van der Waals surface area contributed by atoms with Crippen molar-refractivity contribution in [3.05, 3.63) is 70.1 Å². The average Bonchev–Trinajstić information content (AvgIpc) is 3.43. The predicted octanol–water partition coefficient (Wildman–Crippen LogP) is 4.63. The van der Waals surface area contributed by atoms with Gasteiger partial charge in [0.05, 0.1) is 18.7 Å². The zero-order valence-electron chi connectivity index (χ0n) is 20.0. The van der Waals surface area contributed by atoms with Crippen LogP contribution in [0.2, 0.25) is 0 Å². The van der Waals surface area contributed by atoms with Gasteiger partial charge in [-0.05, 0) is 42.2 Å². The number of nitrogens with zero attached hydrogens (tertiary/aromatic N) is 2. The third-order valence-corrected chi connectivity index (χ3v) is 7.56. The van der Waals surface area contributed by atoms with E-state index in [9.17, 15) is 9.59 Å². The van der Waals surface area contributed by atoms with Gasteiger partial charge in [-0.2, -0.15) is 0 Å². The van der Waals surface area contributed by atoms with E-state index >= 15 is 0 Å². The second-order valence-electron chi connectivity index (χ2n) is 8.93. The molecule has 0 radical (unpaired) electrons. The molecule has 1 aliphatic rings. The lowest BCUT2D eigenvalue weighted by molar-refractivity contribution is -0.116. The number of alkyl carbamates (subject to hydrolysis) is 1. The standard InChI is InChI=1S/C27H30N4O3S/c1-4-21-22-11-10-19(17-34-27(33)29-16-24-28-12-13-31(24)3)15-23(22)35-26(21)30-25(32)14-18(2)20-8-6-5-7-9-20/h1,5-9,12-13,18-19H,10-11,14-17H2,2-3H3,(H,29,33)(H,30,32). The summed E-state index contributed by atoms with van der Waals surface area (Å²) < 4.78 is 7.30. The number of rotatable bonds is 8. The van der Waals surface area contributed by atoms with Gasteiger partial charge in [-0.3, -0.25) is 4.79 Å². The van der Waals surface area contributed by atoms with Gasteiger partial charge in [0.2, 0.25) is 5.91 Å². The molecule has 2 aromatic heterocycles. The number of aromatic nitrogens is 2. The number of thiophene rings is 1. The molecule has 0 saturated carbocycles. The number of carbonyl (C=O) groups excluding carboxylic acids is 2. The number of aryl methyl sites for hydroxylation is 1. The Morgan fingerprint density at radius 2 is 2.14 bits per heavy atom. The Balaban J connectivity index is 1.31. The molecule has 7 nitrogen and oxygen atoms in total. The van der Waals surface area contributed by atoms with Gasteiger partial charge in [0.25, 0.3) is 0 Å². The predicted molar refractivity (Wildman–Crippen MR) is 137 cm³/mol. The first-order valence-electron chi connectivity index (χ1n) is 11.8. The summed E-state index contributed by atoms with van der Waals surface area (Å²) in [4.78, 5) is 30.2. The third kappa shape index (κ3) is 6.11. The molecule has 0 fully saturated rings. The summed E-state index contributed by atoms with van der Waals surface area (Å²) in [6.45, 7) is 2.71. The van der Waals surface area contributed by atoms with Crippen LogP contribution in [0, 0.1) is 18.3 Å². The van der Waals surface area contributed by atoms with Crippen molar-refractivity contribution in [3.8, 4) is 12.3 Å². The summed E-state index contributed by atoms with van der Waals surface area (Å²) in [5, 5.41) is 6.54. The lowest BCUT2D eigenvalue weighted by Gasteiger charge is -2.22. The molecule has 8 heteroatoms. The van der Waals surface area contributed by atoms with Gasteiger partial charge in [0.1, 0.15) is 10.8 Å². The van der Waals surface area contributed by atoms with Gasteiger partial charge in [-0.15, -0.1) is 17.8 Å². The van der Waals surface area contributed by atoms with Gasteiger partial charge < -0.3 is 19.9 Å². The zero-order chi connectivity index (χ0) is 24.8. The molecule has 3 aromatic rings. The number of imidazole rings is 1. The van der Waals surface area contributed by atoms with Gasteiger partial charge >= 0.3 is 6.09 Å². The molecule has 2 N–H and O–H groups in total. The Kier molecular flexibility index (Phi) is 7.88. The van der Waals surface area contributed by atoms with E-state index in [0.29, 0.717) is 19.6 Å². The second kappa shape index (κ2) is 11.2. The van der Waals surface area contributed by atoms with Crippen LogP contribution in [0.25, 0.3) is 0 Å². The number of amides is 2. The van der Waals surface area contributed by atoms with Gasteiger partial charge in [0.15, 0.2) is 0 Å². The zero-order valence-corrected chi connectivity index (χ0v) is 20.9. The van der Waals surface area contributed by atoms with Crippen LogP contribution >= 0.6 is 11.3 Å². The van der Waals surface area contributed by atoms with E-state index in [1.54, 1.807) is 17.5 Å². The van der Waals surface area contributed by atoms with Crippen LogP contribution in [-0.4, -0.2) is 28.2 Å². The monoisotopic (exact) mass is 490 g/mol. The van der Waals surface area contributed by atoms with Crippen molar-refractivity contribution in [3.63, 3.8) is 0 Å². The second-order valence-corrected chi connectivity index (χ2v) is 10.0. The van der Waals surface area contributed by atoms with E-state index in [1.165, 1.54) is 0 Å². The van der Waals surface area contributed by atoms with Gasteiger partial charge in [-0.25, -0.2) is 9.78 Å². The van der Waals surface area contributed by atoms with E-state index < -0.39 is 6.09 Å². The fraction of sp³-hybridized carbons (Fsp3) is 0.370. The molecule has 0 spiro atoms. The van der Waals surface area contributed by atoms with E-state index in [2.05, 4.69) is 21.5 Å². The Morgan fingerprint density at radius 3 is 2.86 bits per heavy atom. The number of anilines is 1. The van der Waals surface area contributed by atoms with Crippen LogP contribution in [0.1, 0.15) is 53.1 Å². The Labute approximate surface area is 209 Å². The van der Waals surface area contributed by atoms with Crippen molar-refractivity contribution in [2.75, 3.05) is 11.9 Å². The summed E-state index contributed by atoms with van der Waals surface area (Å²) in [7, 11) is 1.88. The Bertz CT molecular complexity index is 1230. The van der Waals surface area contributed by atoms with Crippen molar-refractivity contribution in [1.29, 1.82) is 0 Å². The molecule has 1 aliphatic carbocycles. The molecular weight excluding hydrogens is 460 g/mol. The fourth-order valence-corrected chi connectivity index (χ4v) is 5.70. The molecule has 182 valence electrons. The number of hydrogen-bond acceptors (Lipinski definition) is 5. The van der Waals surface area contributed by atoms with Gasteiger partial charge in [-0.1, -0.05) is 43.2 Å². The minimum atomic E-state index is -0.449. The number of nitrogens with one attached hydrogen (secondary N) is 2. The first-order valence-corrected chi connectivity index (χ1v) is 12.6. The van der Waals surface area contributed by atoms with E-state index in [4.69, 9.17) is 11.2 Å². The lowest BCUT2D eigenvalue weighted by atomic mass is 9.87. The molecule has 2 heterocycles. The van der Waals surface area contributed by atoms with E-state index in [-0.39, 0.29) is 17.7 Å². The summed E-state index contributed by atoms with van der Waals surface area (Å²) in [6, 6.07) is 10.0. The minimum Gasteiger partial charge on any atom is -0.449 e. The number of carbonyl (C=O) groups is 2. The van der Waals surface area contributed by atoms with Crippen molar-refractivity contribution in [2.24, 2.45) is 13.0 Å². The quantitative estimate of drug-likeness (QED) is 0.451. The molecule has 0 bridgehead atoms. The van der Waals surface area contributed by atoms with Crippen LogP contribution < -0.4 is 10.6 Å². The smallest absolute Gasteiger partial charge is 0.407 e. The van der Waals surface area contributed by atoms with Crippen LogP contribution in [-0.2, 0) is 36.0 Å². The molecule has 2 amide bonds. The van der Waals surface area contributed by atoms with E-state index in [1.807, 2.05) is 55.1 Å². The largest absolute Gasteiger partial charge is 0.449 e. The van der Waals surface area contributed by atoms with Crippen LogP contribution in [0.5, 0.6) is 0 Å². The Morgan fingerprint density at radius 1 is 1.34 bits per heavy atom. The number of hydrogen-bond donors (Lipinski definition) is 2. The molecule has 35 heavy (non-hydrogen) atoms. The molecule has 4 rings (SSSR count). The summed E-state index contributed by atoms with van der Waals surface area (Å²) in [5.74, 6) is 3.84. The normalized spacial score (nSPS) is 15.5. The lowest BCUT2D eigenvalue weighted by Crippen LogP contribution is -2.28. The Hall–Kier alpha value is -3.57. The summed E-state index contributed by atoms with van der Waals surface area (Å²) in [5.41, 5.74) is 3.06. The fourth-order valence-electron chi connectivity index (χ4n) is 4.36. The molecule has 0 aliphatic heterocycles. The first-order chi connectivity index (χ1) is 16.9. The summed E-state index contributed by atoms with van der Waals surface area (Å²) in [6.07, 6.45) is 11.7. The SMILES string of the molecule is C#Cc1c(NC(=O)CC(C)c2ccccc2)sc2c1CCC(COC(=O)NCc1nccn1C)C2. The molecule has 2 atom stereocenters. The van der Waals surface area contributed by atoms with Gasteiger partial charge in [0, 0.05) is 30.7 Å². The molecule has 2 unspecified atom stereocenters. The number of fused-ring (bicyclic) bond motifs is 1. The van der Waals surface area contributed by atoms with Crippen LogP contribution in [0.3, 0.4) is 0 Å². The van der Waals surface area contributed by atoms with Crippen molar-refractivity contribution in [2.45, 2.75) is 45.1 Å². The molecular formula is C27H30N4O3S. The minimum absolute atomic E-state index is 0.0410. The van der Waals surface area contributed by atoms with Crippen molar-refractivity contribution < 1.29 is 14.3 Å². The van der Waals surface area contributed by atoms with Crippen molar-refractivity contribution >= 4 is 28.3 Å². The summed E-state index contributed by atoms with van der Waals surface area (Å²) >= 11 is 1.54. The number of terminal acetylenes is 1. The average molecular weight is 491 g/mol. The molecule has 1 aromatic carbocycles. The highest BCUT2D eigenvalue weighted by Crippen LogP contribution is 2.39. The van der Waals surface area contributed by atoms with E-state index in [0.717, 1.165) is 51.7 Å². The highest BCUT2D eigenvalue weighted by molar-refractivity contribution is 7.16. The topological polar surface area (TPSA) is 85.2 Å². The highest BCUT2D eigenvalue weighted by atomic mass is 32.1. The first kappa shape index (κ1) is 24.6. The van der Waals surface area contributed by atoms with Crippen molar-refractivity contribution in [1.82, 2.24) is 14.9 Å². The number of benzene rings is 1. The van der Waals surface area contributed by atoms with Crippen LogP contribution in [0.4, 0.5) is 9.80 Å². The highest BCUT2D eigenvalue weighted by Gasteiger charge is 2.27. The maximum atomic E-state index is 12.7. The number of ether oxygens (including phenoxy) is 1. The molecule has 0 saturated heterocycles. The maximum absolute atomic E-state index is 12.7.